The largest absolute Gasteiger partial charge is 1.00 e. The fraction of sp³-hybridized carbons (Fsp3) is 0. The third-order valence-electron chi connectivity index (χ3n) is 8.29. The van der Waals surface area contributed by atoms with E-state index in [1.165, 1.54) is 56.1 Å². The third-order valence-corrected chi connectivity index (χ3v) is 13.8. The Morgan fingerprint density at radius 1 is 0.259 bits per heavy atom. The molecule has 0 bridgehead atoms. The van der Waals surface area contributed by atoms with Gasteiger partial charge in [0, 0.05) is 0 Å². The Kier molecular flexibility index (Phi) is 15.9. The van der Waals surface area contributed by atoms with Crippen LogP contribution in [-0.2, 0) is 17.1 Å². The molecule has 0 unspecified atom stereocenters. The minimum absolute atomic E-state index is 0. The third kappa shape index (κ3) is 11.9. The molecule has 0 N–H and O–H groups in total. The molecule has 1 nitrogen and oxygen atoms in total. The van der Waals surface area contributed by atoms with E-state index < -0.39 is 15.8 Å². The summed E-state index contributed by atoms with van der Waals surface area (Å²) in [6.45, 7) is 0. The second-order valence-electron chi connectivity index (χ2n) is 12.0. The molecule has 54 heavy (non-hydrogen) atoms. The van der Waals surface area contributed by atoms with E-state index in [4.69, 9.17) is 0 Å². The van der Waals surface area contributed by atoms with Gasteiger partial charge in [0.15, 0.2) is 0 Å². The maximum Gasteiger partial charge on any atom is 1.00 e. The normalized spacial score (nSPS) is 10.2. The van der Waals surface area contributed by atoms with E-state index in [9.17, 15) is 8.78 Å². The predicted octanol–water partition coefficient (Wildman–Crippen LogP) is 10.7. The molecule has 8 aromatic carbocycles. The summed E-state index contributed by atoms with van der Waals surface area (Å²) in [6, 6.07) is 76.6. The average Bonchev–Trinajstić information content (AvgIpc) is 3.23. The van der Waals surface area contributed by atoms with Gasteiger partial charge in [-0.1, -0.05) is 133 Å². The zero-order valence-corrected chi connectivity index (χ0v) is 32.4. The molecule has 0 heterocycles. The van der Waals surface area contributed by atoms with E-state index in [0.29, 0.717) is 11.4 Å². The Morgan fingerprint density at radius 2 is 0.444 bits per heavy atom. The molecule has 0 aliphatic carbocycles. The average molecular weight is 794 g/mol. The maximum absolute atomic E-state index is 12.6. The van der Waals surface area contributed by atoms with Crippen LogP contribution in [0.3, 0.4) is 0 Å². The van der Waals surface area contributed by atoms with Crippen LogP contribution >= 0.6 is 15.8 Å². The zero-order chi connectivity index (χ0) is 36.5. The fourth-order valence-electron chi connectivity index (χ4n) is 5.81. The quantitative estimate of drug-likeness (QED) is 0.107. The molecule has 0 aliphatic heterocycles. The molecule has 0 saturated carbocycles. The van der Waals surface area contributed by atoms with Gasteiger partial charge in [0.05, 0.1) is 15.8 Å². The molecule has 8 aromatic rings. The van der Waals surface area contributed by atoms with Crippen LogP contribution < -0.4 is 31.8 Å². The van der Waals surface area contributed by atoms with Crippen molar-refractivity contribution in [1.29, 1.82) is 0 Å². The van der Waals surface area contributed by atoms with E-state index in [0.717, 1.165) is 0 Å². The summed E-state index contributed by atoms with van der Waals surface area (Å²) in [4.78, 5) is 0. The first-order valence-corrected chi connectivity index (χ1v) is 20.4. The van der Waals surface area contributed by atoms with Gasteiger partial charge in [0.2, 0.25) is 0 Å². The number of halogens is 2. The molecule has 8 rings (SSSR count). The van der Waals surface area contributed by atoms with Crippen molar-refractivity contribution in [2.45, 2.75) is 0 Å². The number of rotatable bonds is 8. The van der Waals surface area contributed by atoms with E-state index in [1.54, 1.807) is 24.3 Å². The second kappa shape index (κ2) is 21.5. The zero-order valence-electron chi connectivity index (χ0n) is 29.4. The van der Waals surface area contributed by atoms with Crippen molar-refractivity contribution in [2.75, 3.05) is 0 Å². The van der Waals surface area contributed by atoms with Crippen molar-refractivity contribution >= 4 is 59.0 Å². The number of nitrogens with zero attached hydrogens (tertiary/aromatic N) is 1. The Balaban J connectivity index is 0.000000156. The Hall–Kier alpha value is -5.20. The topological polar surface area (TPSA) is 14.1 Å². The SMILES string of the molecule is Fc1ccc([N-]c2ccc(F)cc2)cc1.[Cu+].c1ccc([PH+](c2ccccc2)c2ccccc2)cc1.c1ccc([PH+](c2ccccc2)c2ccccc2)cc1. The van der Waals surface area contributed by atoms with Crippen LogP contribution in [0.1, 0.15) is 0 Å². The van der Waals surface area contributed by atoms with Gasteiger partial charge in [-0.3, -0.25) is 0 Å². The van der Waals surface area contributed by atoms with E-state index >= 15 is 0 Å². The number of benzene rings is 8. The monoisotopic (exact) mass is 793 g/mol. The molecular formula is C48H40CuF2NP2+2. The van der Waals surface area contributed by atoms with E-state index in [1.807, 2.05) is 0 Å². The standard InChI is InChI=1S/2C18H15P.C12H8F2N.Cu/c2*1-4-10-16(11-5-1)19(17-12-6-2-7-13-17)18-14-8-3-9-15-18;13-9-1-5-11(6-2-9)15-12-7-3-10(14)4-8-12;/h2*1-15H;1-8H;/q;;-1;+1/p+2. The molecule has 270 valence electrons. The molecule has 0 radical (unpaired) electrons. The minimum Gasteiger partial charge on any atom is -0.658 e. The molecule has 0 spiro atoms. The van der Waals surface area contributed by atoms with Gasteiger partial charge in [0.1, 0.15) is 43.5 Å². The summed E-state index contributed by atoms with van der Waals surface area (Å²) in [5.41, 5.74) is 1.28. The van der Waals surface area contributed by atoms with Gasteiger partial charge in [-0.25, -0.2) is 8.78 Å². The predicted molar refractivity (Wildman–Crippen MR) is 229 cm³/mol. The van der Waals surface area contributed by atoms with Gasteiger partial charge < -0.3 is 5.32 Å². The van der Waals surface area contributed by atoms with Gasteiger partial charge in [-0.05, 0) is 97.1 Å². The summed E-state index contributed by atoms with van der Waals surface area (Å²) in [5.74, 6) is -0.596. The van der Waals surface area contributed by atoms with Crippen molar-refractivity contribution in [2.24, 2.45) is 0 Å². The van der Waals surface area contributed by atoms with Crippen LogP contribution in [0.25, 0.3) is 5.32 Å². The Bertz CT molecular complexity index is 1850. The van der Waals surface area contributed by atoms with Gasteiger partial charge in [-0.2, -0.15) is 0 Å². The molecule has 0 saturated heterocycles. The Morgan fingerprint density at radius 3 is 0.630 bits per heavy atom. The molecule has 6 heteroatoms. The van der Waals surface area contributed by atoms with Crippen molar-refractivity contribution in [3.63, 3.8) is 0 Å². The van der Waals surface area contributed by atoms with Crippen molar-refractivity contribution in [3.8, 4) is 0 Å². The molecule has 0 aromatic heterocycles. The minimum atomic E-state index is -0.877. The first-order valence-electron chi connectivity index (χ1n) is 17.4. The molecule has 0 aliphatic rings. The van der Waals surface area contributed by atoms with E-state index in [-0.39, 0.29) is 28.7 Å². The van der Waals surface area contributed by atoms with Crippen LogP contribution in [0.5, 0.6) is 0 Å². The van der Waals surface area contributed by atoms with Crippen LogP contribution in [0.2, 0.25) is 0 Å². The summed E-state index contributed by atoms with van der Waals surface area (Å²) in [7, 11) is -1.75. The van der Waals surface area contributed by atoms with Crippen LogP contribution in [0.15, 0.2) is 231 Å². The Labute approximate surface area is 330 Å². The number of hydrogen-bond acceptors (Lipinski definition) is 0. The molecule has 0 amide bonds. The van der Waals surface area contributed by atoms with Crippen molar-refractivity contribution in [1.82, 2.24) is 0 Å². The van der Waals surface area contributed by atoms with Gasteiger partial charge in [-0.15, -0.1) is 11.4 Å². The van der Waals surface area contributed by atoms with Crippen LogP contribution in [-0.4, -0.2) is 0 Å². The summed E-state index contributed by atoms with van der Waals surface area (Å²) in [6.07, 6.45) is 0. The second-order valence-corrected chi connectivity index (χ2v) is 17.0. The first kappa shape index (κ1) is 40.0. The van der Waals surface area contributed by atoms with Crippen LogP contribution in [0.4, 0.5) is 20.2 Å². The van der Waals surface area contributed by atoms with Crippen molar-refractivity contribution in [3.05, 3.63) is 247 Å². The summed E-state index contributed by atoms with van der Waals surface area (Å²) in [5, 5.41) is 12.8. The van der Waals surface area contributed by atoms with Crippen LogP contribution in [0, 0.1) is 11.6 Å². The molecule has 0 atom stereocenters. The van der Waals surface area contributed by atoms with E-state index in [2.05, 4.69) is 187 Å². The maximum atomic E-state index is 12.6. The summed E-state index contributed by atoms with van der Waals surface area (Å²) >= 11 is 0. The van der Waals surface area contributed by atoms with Crippen molar-refractivity contribution < 1.29 is 25.8 Å². The summed E-state index contributed by atoms with van der Waals surface area (Å²) < 4.78 is 25.2. The van der Waals surface area contributed by atoms with Gasteiger partial charge in [0.25, 0.3) is 0 Å². The van der Waals surface area contributed by atoms with Gasteiger partial charge >= 0.3 is 17.1 Å². The molecular weight excluding hydrogens is 754 g/mol. The number of hydrogen-bond donors (Lipinski definition) is 0. The molecule has 0 fully saturated rings. The fourth-order valence-corrected chi connectivity index (χ4v) is 11.0. The first-order chi connectivity index (χ1) is 26.1. The smallest absolute Gasteiger partial charge is 0.658 e.